The van der Waals surface area contributed by atoms with Crippen LogP contribution in [0.15, 0.2) is 30.3 Å². The van der Waals surface area contributed by atoms with E-state index in [0.717, 1.165) is 31.6 Å². The third kappa shape index (κ3) is 4.72. The average Bonchev–Trinajstić information content (AvgIpc) is 2.52. The van der Waals surface area contributed by atoms with Crippen LogP contribution in [0.4, 0.5) is 5.69 Å². The van der Waals surface area contributed by atoms with E-state index in [-0.39, 0.29) is 25.1 Å². The third-order valence-electron chi connectivity index (χ3n) is 4.01. The number of aliphatic hydroxyl groups is 1. The molecule has 1 aliphatic heterocycles. The van der Waals surface area contributed by atoms with Crippen molar-refractivity contribution in [2.75, 3.05) is 45.2 Å². The Labute approximate surface area is 126 Å². The molecule has 1 amide bonds. The van der Waals surface area contributed by atoms with Crippen molar-refractivity contribution in [2.45, 2.75) is 18.9 Å². The molecule has 5 nitrogen and oxygen atoms in total. The Morgan fingerprint density at radius 2 is 2.00 bits per heavy atom. The fourth-order valence-corrected chi connectivity index (χ4v) is 2.76. The number of aliphatic hydroxyl groups excluding tert-OH is 1. The van der Waals surface area contributed by atoms with Gasteiger partial charge >= 0.3 is 0 Å². The van der Waals surface area contributed by atoms with E-state index in [2.05, 4.69) is 17.3 Å². The zero-order chi connectivity index (χ0) is 15.1. The van der Waals surface area contributed by atoms with Crippen LogP contribution in [0, 0.1) is 0 Å². The van der Waals surface area contributed by atoms with Crippen molar-refractivity contribution in [1.82, 2.24) is 9.80 Å². The van der Waals surface area contributed by atoms with Gasteiger partial charge in [-0.15, -0.1) is 0 Å². The van der Waals surface area contributed by atoms with Crippen molar-refractivity contribution < 1.29 is 9.90 Å². The number of benzene rings is 1. The minimum absolute atomic E-state index is 0.0173. The number of likely N-dealkylation sites (tertiary alicyclic amines) is 1. The summed E-state index contributed by atoms with van der Waals surface area (Å²) in [6.07, 6.45) is 1.96. The zero-order valence-electron chi connectivity index (χ0n) is 12.7. The second kappa shape index (κ2) is 8.00. The van der Waals surface area contributed by atoms with Gasteiger partial charge in [-0.05, 0) is 45.1 Å². The number of rotatable bonds is 6. The van der Waals surface area contributed by atoms with Crippen molar-refractivity contribution >= 4 is 11.6 Å². The Morgan fingerprint density at radius 1 is 1.33 bits per heavy atom. The van der Waals surface area contributed by atoms with Gasteiger partial charge in [0.15, 0.2) is 0 Å². The maximum absolute atomic E-state index is 12.4. The van der Waals surface area contributed by atoms with Gasteiger partial charge < -0.3 is 20.2 Å². The second-order valence-electron chi connectivity index (χ2n) is 5.56. The highest BCUT2D eigenvalue weighted by atomic mass is 16.3. The number of nitrogens with zero attached hydrogens (tertiary/aromatic N) is 2. The summed E-state index contributed by atoms with van der Waals surface area (Å²) >= 11 is 0. The summed E-state index contributed by atoms with van der Waals surface area (Å²) in [5, 5.41) is 12.4. The quantitative estimate of drug-likeness (QED) is 0.821. The van der Waals surface area contributed by atoms with Crippen LogP contribution in [0.25, 0.3) is 0 Å². The molecule has 2 N–H and O–H groups in total. The lowest BCUT2D eigenvalue weighted by Crippen LogP contribution is -2.49. The first-order valence-electron chi connectivity index (χ1n) is 7.58. The molecule has 1 fully saturated rings. The smallest absolute Gasteiger partial charge is 0.242 e. The molecule has 0 atom stereocenters. The summed E-state index contributed by atoms with van der Waals surface area (Å²) in [6.45, 7) is 2.72. The number of carbonyl (C=O) groups is 1. The van der Waals surface area contributed by atoms with Gasteiger partial charge in [0.25, 0.3) is 0 Å². The van der Waals surface area contributed by atoms with Crippen LogP contribution in [0.3, 0.4) is 0 Å². The van der Waals surface area contributed by atoms with Crippen molar-refractivity contribution in [3.05, 3.63) is 30.3 Å². The molecule has 1 aliphatic rings. The summed E-state index contributed by atoms with van der Waals surface area (Å²) in [5.41, 5.74) is 0.943. The van der Waals surface area contributed by atoms with Crippen LogP contribution in [0.5, 0.6) is 0 Å². The van der Waals surface area contributed by atoms with E-state index >= 15 is 0 Å². The van der Waals surface area contributed by atoms with Gasteiger partial charge in [-0.25, -0.2) is 0 Å². The molecule has 0 unspecified atom stereocenters. The Hall–Kier alpha value is -1.59. The van der Waals surface area contributed by atoms with Crippen molar-refractivity contribution in [1.29, 1.82) is 0 Å². The third-order valence-corrected chi connectivity index (χ3v) is 4.01. The highest BCUT2D eigenvalue weighted by Crippen LogP contribution is 2.16. The SMILES string of the molecule is CN1CCC(N(CCO)C(=O)CNc2ccccc2)CC1. The highest BCUT2D eigenvalue weighted by molar-refractivity contribution is 5.81. The predicted octanol–water partition coefficient (Wildman–Crippen LogP) is 1.01. The topological polar surface area (TPSA) is 55.8 Å². The lowest BCUT2D eigenvalue weighted by atomic mass is 10.0. The normalized spacial score (nSPS) is 16.7. The lowest BCUT2D eigenvalue weighted by molar-refractivity contribution is -0.133. The maximum Gasteiger partial charge on any atom is 0.242 e. The van der Waals surface area contributed by atoms with Gasteiger partial charge in [-0.2, -0.15) is 0 Å². The molecule has 0 aliphatic carbocycles. The van der Waals surface area contributed by atoms with E-state index in [4.69, 9.17) is 0 Å². The molecule has 1 aromatic rings. The molecule has 1 aromatic carbocycles. The average molecular weight is 291 g/mol. The summed E-state index contributed by atoms with van der Waals surface area (Å²) in [5.74, 6) is 0.0578. The molecule has 0 radical (unpaired) electrons. The number of carbonyl (C=O) groups excluding carboxylic acids is 1. The summed E-state index contributed by atoms with van der Waals surface area (Å²) in [7, 11) is 2.10. The summed E-state index contributed by atoms with van der Waals surface area (Å²) in [6, 6.07) is 9.96. The Bertz CT molecular complexity index is 430. The Kier molecular flexibility index (Phi) is 6.02. The summed E-state index contributed by atoms with van der Waals surface area (Å²) in [4.78, 5) is 16.5. The van der Waals surface area contributed by atoms with Crippen molar-refractivity contribution in [3.8, 4) is 0 Å². The number of anilines is 1. The summed E-state index contributed by atoms with van der Waals surface area (Å²) < 4.78 is 0. The first-order valence-corrected chi connectivity index (χ1v) is 7.58. The van der Waals surface area contributed by atoms with Crippen LogP contribution < -0.4 is 5.32 Å². The fourth-order valence-electron chi connectivity index (χ4n) is 2.76. The number of hydrogen-bond donors (Lipinski definition) is 2. The van der Waals surface area contributed by atoms with Crippen LogP contribution in [-0.4, -0.2) is 66.7 Å². The zero-order valence-corrected chi connectivity index (χ0v) is 12.7. The van der Waals surface area contributed by atoms with Gasteiger partial charge in [0.1, 0.15) is 0 Å². The van der Waals surface area contributed by atoms with Crippen molar-refractivity contribution in [2.24, 2.45) is 0 Å². The molecule has 5 heteroatoms. The highest BCUT2D eigenvalue weighted by Gasteiger charge is 2.26. The minimum Gasteiger partial charge on any atom is -0.395 e. The van der Waals surface area contributed by atoms with E-state index in [1.54, 1.807) is 0 Å². The van der Waals surface area contributed by atoms with E-state index in [1.807, 2.05) is 35.2 Å². The largest absolute Gasteiger partial charge is 0.395 e. The Balaban J connectivity index is 1.89. The molecule has 0 spiro atoms. The molecule has 0 saturated carbocycles. The number of amides is 1. The first kappa shape index (κ1) is 15.8. The van der Waals surface area contributed by atoms with Gasteiger partial charge in [-0.3, -0.25) is 4.79 Å². The molecule has 2 rings (SSSR count). The van der Waals surface area contributed by atoms with E-state index in [0.29, 0.717) is 6.54 Å². The van der Waals surface area contributed by atoms with Crippen LogP contribution >= 0.6 is 0 Å². The first-order chi connectivity index (χ1) is 10.2. The van der Waals surface area contributed by atoms with Crippen molar-refractivity contribution in [3.63, 3.8) is 0 Å². The number of piperidine rings is 1. The van der Waals surface area contributed by atoms with E-state index in [9.17, 15) is 9.90 Å². The number of hydrogen-bond acceptors (Lipinski definition) is 4. The molecule has 0 bridgehead atoms. The fraction of sp³-hybridized carbons (Fsp3) is 0.562. The van der Waals surface area contributed by atoms with E-state index in [1.165, 1.54) is 0 Å². The predicted molar refractivity (Wildman–Crippen MR) is 84.2 cm³/mol. The molecule has 21 heavy (non-hydrogen) atoms. The molecule has 0 aromatic heterocycles. The maximum atomic E-state index is 12.4. The second-order valence-corrected chi connectivity index (χ2v) is 5.56. The number of para-hydroxylation sites is 1. The van der Waals surface area contributed by atoms with Crippen LogP contribution in [-0.2, 0) is 4.79 Å². The van der Waals surface area contributed by atoms with Gasteiger partial charge in [-0.1, -0.05) is 18.2 Å². The Morgan fingerprint density at radius 3 is 2.62 bits per heavy atom. The van der Waals surface area contributed by atoms with Gasteiger partial charge in [0.05, 0.1) is 13.2 Å². The monoisotopic (exact) mass is 291 g/mol. The standard InChI is InChI=1S/C16H25N3O2/c1-18-9-7-15(8-10-18)19(11-12-20)16(21)13-17-14-5-3-2-4-6-14/h2-6,15,17,20H,7-13H2,1H3. The molecular formula is C16H25N3O2. The minimum atomic E-state index is 0.0173. The van der Waals surface area contributed by atoms with Gasteiger partial charge in [0.2, 0.25) is 5.91 Å². The molecular weight excluding hydrogens is 266 g/mol. The molecule has 1 heterocycles. The van der Waals surface area contributed by atoms with E-state index < -0.39 is 0 Å². The van der Waals surface area contributed by atoms with Crippen LogP contribution in [0.2, 0.25) is 0 Å². The van der Waals surface area contributed by atoms with Gasteiger partial charge in [0, 0.05) is 18.3 Å². The molecule has 116 valence electrons. The van der Waals surface area contributed by atoms with Crippen LogP contribution in [0.1, 0.15) is 12.8 Å². The molecule has 1 saturated heterocycles. The number of nitrogens with one attached hydrogen (secondary N) is 1. The lowest BCUT2D eigenvalue weighted by Gasteiger charge is -2.37.